The summed E-state index contributed by atoms with van der Waals surface area (Å²) in [5.74, 6) is 0.641. The molecule has 1 saturated carbocycles. The zero-order chi connectivity index (χ0) is 12.3. The van der Waals surface area contributed by atoms with Crippen LogP contribution in [0, 0.1) is 5.92 Å². The van der Waals surface area contributed by atoms with E-state index in [1.807, 2.05) is 0 Å². The molecular weight excluding hydrogens is 230 g/mol. The van der Waals surface area contributed by atoms with Crippen LogP contribution in [0.4, 0.5) is 5.13 Å². The molecule has 96 valence electrons. The van der Waals surface area contributed by atoms with Gasteiger partial charge in [0.15, 0.2) is 5.13 Å². The highest BCUT2D eigenvalue weighted by Crippen LogP contribution is 2.31. The van der Waals surface area contributed by atoms with E-state index in [0.717, 1.165) is 18.1 Å². The van der Waals surface area contributed by atoms with Crippen molar-refractivity contribution in [2.24, 2.45) is 11.7 Å². The predicted molar refractivity (Wildman–Crippen MR) is 74.7 cm³/mol. The van der Waals surface area contributed by atoms with Gasteiger partial charge in [0, 0.05) is 18.5 Å². The first-order valence-corrected chi connectivity index (χ1v) is 7.51. The van der Waals surface area contributed by atoms with Gasteiger partial charge in [-0.3, -0.25) is 0 Å². The molecule has 17 heavy (non-hydrogen) atoms. The Morgan fingerprint density at radius 2 is 2.24 bits per heavy atom. The number of hydrogen-bond acceptors (Lipinski definition) is 4. The topological polar surface area (TPSA) is 42.1 Å². The van der Waals surface area contributed by atoms with Crippen LogP contribution >= 0.6 is 11.3 Å². The molecule has 0 amide bonds. The molecule has 1 aromatic heterocycles. The number of nitrogens with two attached hydrogens (primary N) is 1. The van der Waals surface area contributed by atoms with E-state index in [4.69, 9.17) is 5.73 Å². The van der Waals surface area contributed by atoms with Crippen LogP contribution in [0.25, 0.3) is 0 Å². The Hall–Kier alpha value is -0.610. The summed E-state index contributed by atoms with van der Waals surface area (Å²) in [4.78, 5) is 7.04. The van der Waals surface area contributed by atoms with Gasteiger partial charge in [0.1, 0.15) is 0 Å². The fourth-order valence-corrected chi connectivity index (χ4v) is 3.67. The Morgan fingerprint density at radius 3 is 2.88 bits per heavy atom. The van der Waals surface area contributed by atoms with Crippen molar-refractivity contribution < 1.29 is 0 Å². The van der Waals surface area contributed by atoms with Crippen LogP contribution < -0.4 is 10.6 Å². The molecule has 0 bridgehead atoms. The highest BCUT2D eigenvalue weighted by Gasteiger charge is 2.28. The Labute approximate surface area is 108 Å². The average molecular weight is 253 g/mol. The molecule has 0 aromatic carbocycles. The lowest BCUT2D eigenvalue weighted by atomic mass is 9.84. The van der Waals surface area contributed by atoms with Crippen LogP contribution in [0.2, 0.25) is 0 Å². The van der Waals surface area contributed by atoms with Crippen molar-refractivity contribution in [1.82, 2.24) is 4.98 Å². The molecule has 0 saturated heterocycles. The van der Waals surface area contributed by atoms with Gasteiger partial charge in [-0.15, -0.1) is 11.3 Å². The molecule has 2 N–H and O–H groups in total. The highest BCUT2D eigenvalue weighted by atomic mass is 32.1. The number of rotatable bonds is 4. The van der Waals surface area contributed by atoms with Gasteiger partial charge in [-0.05, 0) is 31.7 Å². The molecule has 2 rings (SSSR count). The third kappa shape index (κ3) is 2.80. The predicted octanol–water partition coefficient (Wildman–Crippen LogP) is 2.66. The minimum absolute atomic E-state index is 0.588. The zero-order valence-corrected chi connectivity index (χ0v) is 11.7. The molecule has 3 nitrogen and oxygen atoms in total. The quantitative estimate of drug-likeness (QED) is 0.897. The van der Waals surface area contributed by atoms with E-state index >= 15 is 0 Å². The number of thiazole rings is 1. The summed E-state index contributed by atoms with van der Waals surface area (Å²) in [6, 6.07) is 0.588. The van der Waals surface area contributed by atoms with Crippen LogP contribution in [0.3, 0.4) is 0 Å². The molecular formula is C13H23N3S. The molecule has 1 aliphatic carbocycles. The van der Waals surface area contributed by atoms with Gasteiger partial charge in [0.25, 0.3) is 0 Å². The third-order valence-corrected chi connectivity index (χ3v) is 4.85. The van der Waals surface area contributed by atoms with Crippen LogP contribution in [0.1, 0.15) is 38.3 Å². The standard InChI is InChI=1S/C13H23N3S/c1-3-11-9-17-13(15-11)16(2)12-7-5-4-6-10(12)8-14/h9-10,12H,3-8,14H2,1-2H3. The van der Waals surface area contributed by atoms with Crippen LogP contribution in [-0.2, 0) is 6.42 Å². The van der Waals surface area contributed by atoms with Gasteiger partial charge in [-0.2, -0.15) is 0 Å². The third-order valence-electron chi connectivity index (χ3n) is 3.87. The van der Waals surface area contributed by atoms with E-state index in [0.29, 0.717) is 12.0 Å². The summed E-state index contributed by atoms with van der Waals surface area (Å²) >= 11 is 1.76. The van der Waals surface area contributed by atoms with E-state index < -0.39 is 0 Å². The maximum atomic E-state index is 5.90. The maximum absolute atomic E-state index is 5.90. The summed E-state index contributed by atoms with van der Waals surface area (Å²) in [7, 11) is 2.18. The molecule has 1 heterocycles. The van der Waals surface area contributed by atoms with Gasteiger partial charge in [-0.25, -0.2) is 4.98 Å². The van der Waals surface area contributed by atoms with Gasteiger partial charge >= 0.3 is 0 Å². The first-order valence-electron chi connectivity index (χ1n) is 6.63. The normalized spacial score (nSPS) is 24.9. The lowest BCUT2D eigenvalue weighted by molar-refractivity contribution is 0.306. The fraction of sp³-hybridized carbons (Fsp3) is 0.769. The lowest BCUT2D eigenvalue weighted by Crippen LogP contribution is -2.43. The van der Waals surface area contributed by atoms with E-state index in [1.54, 1.807) is 11.3 Å². The lowest BCUT2D eigenvalue weighted by Gasteiger charge is -2.37. The van der Waals surface area contributed by atoms with Crippen LogP contribution in [0.5, 0.6) is 0 Å². The molecule has 0 spiro atoms. The van der Waals surface area contributed by atoms with Crippen molar-refractivity contribution in [2.75, 3.05) is 18.5 Å². The molecule has 1 fully saturated rings. The summed E-state index contributed by atoms with van der Waals surface area (Å²) in [5.41, 5.74) is 7.10. The summed E-state index contributed by atoms with van der Waals surface area (Å²) in [6.07, 6.45) is 6.23. The Kier molecular flexibility index (Phi) is 4.40. The second kappa shape index (κ2) is 5.83. The molecule has 4 heteroatoms. The van der Waals surface area contributed by atoms with Crippen molar-refractivity contribution in [3.05, 3.63) is 11.1 Å². The zero-order valence-electron chi connectivity index (χ0n) is 10.9. The molecule has 0 radical (unpaired) electrons. The second-order valence-electron chi connectivity index (χ2n) is 4.93. The number of nitrogens with zero attached hydrogens (tertiary/aromatic N) is 2. The fourth-order valence-electron chi connectivity index (χ4n) is 2.74. The summed E-state index contributed by atoms with van der Waals surface area (Å²) in [5, 5.41) is 3.33. The van der Waals surface area contributed by atoms with Crippen molar-refractivity contribution in [1.29, 1.82) is 0 Å². The number of aromatic nitrogens is 1. The first kappa shape index (κ1) is 12.8. The van der Waals surface area contributed by atoms with E-state index in [9.17, 15) is 0 Å². The Balaban J connectivity index is 2.09. The minimum Gasteiger partial charge on any atom is -0.348 e. The Bertz CT molecular complexity index is 350. The van der Waals surface area contributed by atoms with Gasteiger partial charge in [0.2, 0.25) is 0 Å². The molecule has 2 unspecified atom stereocenters. The monoisotopic (exact) mass is 253 g/mol. The average Bonchev–Trinajstić information content (AvgIpc) is 2.86. The maximum Gasteiger partial charge on any atom is 0.185 e. The van der Waals surface area contributed by atoms with Crippen molar-refractivity contribution in [3.8, 4) is 0 Å². The SMILES string of the molecule is CCc1csc(N(C)C2CCCCC2CN)n1. The van der Waals surface area contributed by atoms with Crippen molar-refractivity contribution >= 4 is 16.5 Å². The van der Waals surface area contributed by atoms with Gasteiger partial charge in [0.05, 0.1) is 5.69 Å². The van der Waals surface area contributed by atoms with E-state index in [2.05, 4.69) is 29.2 Å². The number of aryl methyl sites for hydroxylation is 1. The Morgan fingerprint density at radius 1 is 1.47 bits per heavy atom. The van der Waals surface area contributed by atoms with Crippen molar-refractivity contribution in [2.45, 2.75) is 45.1 Å². The first-order chi connectivity index (χ1) is 8.26. The molecule has 2 atom stereocenters. The molecule has 1 aromatic rings. The highest BCUT2D eigenvalue weighted by molar-refractivity contribution is 7.13. The summed E-state index contributed by atoms with van der Waals surface area (Å²) in [6.45, 7) is 2.96. The smallest absolute Gasteiger partial charge is 0.185 e. The molecule has 1 aliphatic rings. The largest absolute Gasteiger partial charge is 0.348 e. The van der Waals surface area contributed by atoms with E-state index in [-0.39, 0.29) is 0 Å². The minimum atomic E-state index is 0.588. The van der Waals surface area contributed by atoms with Crippen molar-refractivity contribution in [3.63, 3.8) is 0 Å². The van der Waals surface area contributed by atoms with Gasteiger partial charge in [-0.1, -0.05) is 19.8 Å². The van der Waals surface area contributed by atoms with Gasteiger partial charge < -0.3 is 10.6 Å². The van der Waals surface area contributed by atoms with Crippen LogP contribution in [-0.4, -0.2) is 24.6 Å². The molecule has 0 aliphatic heterocycles. The second-order valence-corrected chi connectivity index (χ2v) is 5.77. The van der Waals surface area contributed by atoms with E-state index in [1.165, 1.54) is 31.4 Å². The number of anilines is 1. The summed E-state index contributed by atoms with van der Waals surface area (Å²) < 4.78 is 0. The van der Waals surface area contributed by atoms with Crippen LogP contribution in [0.15, 0.2) is 5.38 Å². The number of hydrogen-bond donors (Lipinski definition) is 1.